The first kappa shape index (κ1) is 16.9. The minimum absolute atomic E-state index is 0.0912. The number of sulfonamides is 1. The van der Waals surface area contributed by atoms with Crippen molar-refractivity contribution in [1.29, 1.82) is 0 Å². The summed E-state index contributed by atoms with van der Waals surface area (Å²) in [5, 5.41) is 2.95. The normalized spacial score (nSPS) is 11.6. The molecule has 1 aromatic carbocycles. The van der Waals surface area contributed by atoms with E-state index < -0.39 is 15.8 Å². The van der Waals surface area contributed by atoms with E-state index in [4.69, 9.17) is 0 Å². The number of nitrogens with one attached hydrogen (secondary N) is 2. The van der Waals surface area contributed by atoms with Crippen LogP contribution in [0.3, 0.4) is 0 Å². The van der Waals surface area contributed by atoms with Crippen molar-refractivity contribution in [2.24, 2.45) is 0 Å². The van der Waals surface area contributed by atoms with Gasteiger partial charge in [0.05, 0.1) is 9.47 Å². The number of thiophene rings is 1. The lowest BCUT2D eigenvalue weighted by molar-refractivity contribution is 0.598. The van der Waals surface area contributed by atoms with Crippen molar-refractivity contribution in [2.45, 2.75) is 11.4 Å². The highest BCUT2D eigenvalue weighted by molar-refractivity contribution is 9.11. The van der Waals surface area contributed by atoms with Crippen molar-refractivity contribution in [1.82, 2.24) is 5.32 Å². The molecule has 114 valence electrons. The second-order valence-corrected chi connectivity index (χ2v) is 9.13. The first-order chi connectivity index (χ1) is 9.83. The number of rotatable bonds is 5. The van der Waals surface area contributed by atoms with E-state index >= 15 is 0 Å². The van der Waals surface area contributed by atoms with Gasteiger partial charge in [-0.2, -0.15) is 0 Å². The van der Waals surface area contributed by atoms with Crippen LogP contribution in [0.4, 0.5) is 10.1 Å². The van der Waals surface area contributed by atoms with Gasteiger partial charge in [0.15, 0.2) is 0 Å². The molecule has 4 nitrogen and oxygen atoms in total. The van der Waals surface area contributed by atoms with Gasteiger partial charge in [-0.1, -0.05) is 15.9 Å². The monoisotopic (exact) mass is 456 g/mol. The van der Waals surface area contributed by atoms with Gasteiger partial charge < -0.3 is 5.32 Å². The van der Waals surface area contributed by atoms with Crippen LogP contribution in [-0.4, -0.2) is 15.5 Å². The number of benzene rings is 1. The van der Waals surface area contributed by atoms with E-state index in [0.29, 0.717) is 14.8 Å². The lowest BCUT2D eigenvalue weighted by Crippen LogP contribution is -2.13. The summed E-state index contributed by atoms with van der Waals surface area (Å²) in [5.74, 6) is -0.644. The fourth-order valence-electron chi connectivity index (χ4n) is 1.61. The van der Waals surface area contributed by atoms with Gasteiger partial charge in [0.1, 0.15) is 10.7 Å². The predicted molar refractivity (Wildman–Crippen MR) is 89.7 cm³/mol. The van der Waals surface area contributed by atoms with Crippen LogP contribution in [0.5, 0.6) is 0 Å². The van der Waals surface area contributed by atoms with Crippen molar-refractivity contribution in [3.05, 3.63) is 43.2 Å². The molecule has 0 unspecified atom stereocenters. The smallest absolute Gasteiger partial charge is 0.263 e. The molecule has 2 N–H and O–H groups in total. The van der Waals surface area contributed by atoms with Gasteiger partial charge in [0, 0.05) is 15.9 Å². The molecule has 0 fully saturated rings. The van der Waals surface area contributed by atoms with Gasteiger partial charge in [0.2, 0.25) is 0 Å². The fourth-order valence-corrected chi connectivity index (χ4v) is 5.71. The van der Waals surface area contributed by atoms with Crippen LogP contribution in [-0.2, 0) is 16.6 Å². The van der Waals surface area contributed by atoms with Crippen molar-refractivity contribution >= 4 is 58.9 Å². The Labute approximate surface area is 143 Å². The van der Waals surface area contributed by atoms with Crippen LogP contribution in [0.2, 0.25) is 0 Å². The third-order valence-electron chi connectivity index (χ3n) is 2.52. The zero-order chi connectivity index (χ0) is 15.6. The minimum Gasteiger partial charge on any atom is -0.315 e. The van der Waals surface area contributed by atoms with E-state index in [1.807, 2.05) is 0 Å². The van der Waals surface area contributed by atoms with Gasteiger partial charge in [-0.05, 0) is 47.2 Å². The molecule has 1 heterocycles. The van der Waals surface area contributed by atoms with E-state index in [1.165, 1.54) is 23.5 Å². The Morgan fingerprint density at radius 1 is 1.29 bits per heavy atom. The maximum absolute atomic E-state index is 13.7. The minimum atomic E-state index is -3.85. The molecular formula is C12H11Br2FN2O2S2. The van der Waals surface area contributed by atoms with Gasteiger partial charge in [0.25, 0.3) is 10.0 Å². The van der Waals surface area contributed by atoms with Gasteiger partial charge >= 0.3 is 0 Å². The Balaban J connectivity index is 2.34. The standard InChI is InChI=1S/C12H11Br2FN2O2S2/c1-16-6-8-5-11(12(14)20-8)21(18,19)17-10-3-2-7(13)4-9(10)15/h2-5,16-17H,6H2,1H3. The molecule has 0 amide bonds. The maximum atomic E-state index is 13.7. The zero-order valence-corrected chi connectivity index (χ0v) is 15.6. The molecule has 0 saturated carbocycles. The molecule has 0 aliphatic rings. The van der Waals surface area contributed by atoms with Crippen LogP contribution < -0.4 is 10.0 Å². The molecule has 0 aliphatic carbocycles. The lowest BCUT2D eigenvalue weighted by atomic mass is 10.3. The molecule has 2 rings (SSSR count). The first-order valence-corrected chi connectivity index (χ1v) is 9.62. The first-order valence-electron chi connectivity index (χ1n) is 5.74. The quantitative estimate of drug-likeness (QED) is 0.714. The van der Waals surface area contributed by atoms with Crippen molar-refractivity contribution in [3.8, 4) is 0 Å². The van der Waals surface area contributed by atoms with Crippen molar-refractivity contribution < 1.29 is 12.8 Å². The van der Waals surface area contributed by atoms with Crippen molar-refractivity contribution in [2.75, 3.05) is 11.8 Å². The SMILES string of the molecule is CNCc1cc(S(=O)(=O)Nc2ccc(Br)cc2F)c(Br)s1. The number of hydrogen-bond acceptors (Lipinski definition) is 4. The Morgan fingerprint density at radius 2 is 2.00 bits per heavy atom. The molecule has 0 saturated heterocycles. The van der Waals surface area contributed by atoms with Crippen LogP contribution in [0.25, 0.3) is 0 Å². The molecule has 0 bridgehead atoms. The molecular weight excluding hydrogens is 447 g/mol. The van der Waals surface area contributed by atoms with Crippen LogP contribution in [0, 0.1) is 5.82 Å². The second-order valence-electron chi connectivity index (χ2n) is 4.11. The van der Waals surface area contributed by atoms with Crippen molar-refractivity contribution in [3.63, 3.8) is 0 Å². The highest BCUT2D eigenvalue weighted by Gasteiger charge is 2.22. The summed E-state index contributed by atoms with van der Waals surface area (Å²) in [5.41, 5.74) is -0.0912. The topological polar surface area (TPSA) is 58.2 Å². The molecule has 0 radical (unpaired) electrons. The Kier molecular flexibility index (Phi) is 5.42. The highest BCUT2D eigenvalue weighted by Crippen LogP contribution is 2.33. The largest absolute Gasteiger partial charge is 0.315 e. The summed E-state index contributed by atoms with van der Waals surface area (Å²) in [6.07, 6.45) is 0. The molecule has 1 aromatic heterocycles. The summed E-state index contributed by atoms with van der Waals surface area (Å²) in [7, 11) is -2.07. The number of hydrogen-bond donors (Lipinski definition) is 2. The van der Waals surface area contributed by atoms with Gasteiger partial charge in [-0.3, -0.25) is 4.72 Å². The van der Waals surface area contributed by atoms with Gasteiger partial charge in [-0.15, -0.1) is 11.3 Å². The van der Waals surface area contributed by atoms with E-state index in [9.17, 15) is 12.8 Å². The fraction of sp³-hybridized carbons (Fsp3) is 0.167. The second kappa shape index (κ2) is 6.74. The molecule has 9 heteroatoms. The number of anilines is 1. The van der Waals surface area contributed by atoms with Crippen LogP contribution in [0.1, 0.15) is 4.88 Å². The summed E-state index contributed by atoms with van der Waals surface area (Å²) < 4.78 is 41.7. The predicted octanol–water partition coefficient (Wildman–Crippen LogP) is 3.93. The zero-order valence-electron chi connectivity index (χ0n) is 10.8. The van der Waals surface area contributed by atoms with E-state index in [1.54, 1.807) is 19.2 Å². The summed E-state index contributed by atoms with van der Waals surface area (Å²) >= 11 is 7.68. The summed E-state index contributed by atoms with van der Waals surface area (Å²) in [6.45, 7) is 0.561. The third kappa shape index (κ3) is 4.04. The molecule has 0 aliphatic heterocycles. The van der Waals surface area contributed by atoms with E-state index in [0.717, 1.165) is 4.88 Å². The van der Waals surface area contributed by atoms with E-state index in [2.05, 4.69) is 41.9 Å². The lowest BCUT2D eigenvalue weighted by Gasteiger charge is -2.08. The molecule has 0 spiro atoms. The Hall–Kier alpha value is -0.480. The Morgan fingerprint density at radius 3 is 2.62 bits per heavy atom. The Bertz CT molecular complexity index is 763. The summed E-state index contributed by atoms with van der Waals surface area (Å²) in [6, 6.07) is 5.69. The average Bonchev–Trinajstić information content (AvgIpc) is 2.75. The molecule has 2 aromatic rings. The highest BCUT2D eigenvalue weighted by atomic mass is 79.9. The maximum Gasteiger partial charge on any atom is 0.263 e. The average molecular weight is 458 g/mol. The summed E-state index contributed by atoms with van der Waals surface area (Å²) in [4.78, 5) is 0.959. The molecule has 21 heavy (non-hydrogen) atoms. The number of halogens is 3. The van der Waals surface area contributed by atoms with E-state index in [-0.39, 0.29) is 10.6 Å². The van der Waals surface area contributed by atoms with Gasteiger partial charge in [-0.25, -0.2) is 12.8 Å². The molecule has 0 atom stereocenters. The van der Waals surface area contributed by atoms with Crippen LogP contribution >= 0.6 is 43.2 Å². The third-order valence-corrected chi connectivity index (χ3v) is 6.63. The van der Waals surface area contributed by atoms with Crippen LogP contribution in [0.15, 0.2) is 37.4 Å².